The maximum absolute atomic E-state index is 13.0. The van der Waals surface area contributed by atoms with Crippen molar-refractivity contribution in [3.63, 3.8) is 0 Å². The van der Waals surface area contributed by atoms with Crippen LogP contribution in [-0.4, -0.2) is 34.0 Å². The number of amides is 2. The molecule has 2 aromatic rings. The molecule has 1 saturated heterocycles. The minimum Gasteiger partial charge on any atom is -0.324 e. The maximum atomic E-state index is 13.0. The van der Waals surface area contributed by atoms with Crippen molar-refractivity contribution in [2.24, 2.45) is 0 Å². The Labute approximate surface area is 170 Å². The molecule has 2 fully saturated rings. The number of likely N-dealkylation sites (tertiary alicyclic amines) is 1. The lowest BCUT2D eigenvalue weighted by atomic mass is 9.77. The number of rotatable bonds is 3. The number of aromatic amines is 1. The van der Waals surface area contributed by atoms with Crippen molar-refractivity contribution < 1.29 is 4.79 Å². The number of urea groups is 1. The van der Waals surface area contributed by atoms with E-state index < -0.39 is 0 Å². The highest BCUT2D eigenvalue weighted by atomic mass is 16.2. The average molecular weight is 393 g/mol. The first-order valence-corrected chi connectivity index (χ1v) is 10.9. The number of fused-ring (bicyclic) bond motifs is 2. The predicted octanol–water partition coefficient (Wildman–Crippen LogP) is 3.72. The Morgan fingerprint density at radius 3 is 2.79 bits per heavy atom. The van der Waals surface area contributed by atoms with Crippen molar-refractivity contribution >= 4 is 11.7 Å². The molecule has 5 rings (SSSR count). The number of hydrogen-bond donors (Lipinski definition) is 2. The topological polar surface area (TPSA) is 78.1 Å². The number of benzene rings is 1. The van der Waals surface area contributed by atoms with Gasteiger partial charge in [0.05, 0.1) is 5.69 Å². The van der Waals surface area contributed by atoms with Crippen LogP contribution in [0, 0.1) is 0 Å². The maximum Gasteiger partial charge on any atom is 0.321 e. The summed E-state index contributed by atoms with van der Waals surface area (Å²) in [7, 11) is 0. The predicted molar refractivity (Wildman–Crippen MR) is 112 cm³/mol. The van der Waals surface area contributed by atoms with Crippen LogP contribution in [0.25, 0.3) is 0 Å². The summed E-state index contributed by atoms with van der Waals surface area (Å²) in [5.41, 5.74) is 3.75. The van der Waals surface area contributed by atoms with E-state index >= 15 is 0 Å². The number of piperidine rings is 1. The minimum absolute atomic E-state index is 0.0337. The number of aromatic nitrogens is 2. The lowest BCUT2D eigenvalue weighted by molar-refractivity contribution is 0.157. The van der Waals surface area contributed by atoms with Gasteiger partial charge in [0.1, 0.15) is 5.82 Å². The number of anilines is 1. The van der Waals surface area contributed by atoms with Gasteiger partial charge in [-0.05, 0) is 62.6 Å². The van der Waals surface area contributed by atoms with E-state index in [1.165, 1.54) is 5.56 Å². The van der Waals surface area contributed by atoms with E-state index in [0.717, 1.165) is 74.3 Å². The van der Waals surface area contributed by atoms with Crippen LogP contribution >= 0.6 is 0 Å². The van der Waals surface area contributed by atoms with Crippen LogP contribution in [0.1, 0.15) is 67.6 Å². The molecule has 1 atom stereocenters. The van der Waals surface area contributed by atoms with E-state index in [4.69, 9.17) is 4.98 Å². The first-order valence-electron chi connectivity index (χ1n) is 10.9. The van der Waals surface area contributed by atoms with E-state index in [1.807, 2.05) is 17.0 Å². The number of carbonyl (C=O) groups excluding carboxylic acids is 1. The standard InChI is InChI=1S/C23H28N4O2/c1-2-15-4-8-17(9-5-15)24-22(29)27-13-3-11-23(14-27)12-10-18-19(23)25-20(16-6-7-16)26-21(18)28/h4-5,8-9,16H,2-3,6-7,10-14H2,1H3,(H,24,29)(H,25,26,28). The number of aryl methyl sites for hydroxylation is 1. The summed E-state index contributed by atoms with van der Waals surface area (Å²) in [6.07, 6.45) is 6.81. The highest BCUT2D eigenvalue weighted by molar-refractivity contribution is 5.89. The van der Waals surface area contributed by atoms with E-state index in [2.05, 4.69) is 29.4 Å². The fourth-order valence-corrected chi connectivity index (χ4v) is 4.95. The fourth-order valence-electron chi connectivity index (χ4n) is 4.95. The van der Waals surface area contributed by atoms with E-state index in [0.29, 0.717) is 12.5 Å². The van der Waals surface area contributed by atoms with Crippen LogP contribution in [0.4, 0.5) is 10.5 Å². The first kappa shape index (κ1) is 18.4. The third kappa shape index (κ3) is 3.34. The third-order valence-electron chi connectivity index (χ3n) is 6.83. The van der Waals surface area contributed by atoms with Crippen LogP contribution in [0.3, 0.4) is 0 Å². The molecule has 29 heavy (non-hydrogen) atoms. The second-order valence-corrected chi connectivity index (χ2v) is 8.84. The molecule has 6 heteroatoms. The molecule has 152 valence electrons. The monoisotopic (exact) mass is 392 g/mol. The molecule has 1 saturated carbocycles. The average Bonchev–Trinajstić information content (AvgIpc) is 3.53. The van der Waals surface area contributed by atoms with E-state index in [9.17, 15) is 9.59 Å². The van der Waals surface area contributed by atoms with Crippen molar-refractivity contribution in [1.82, 2.24) is 14.9 Å². The Morgan fingerprint density at radius 1 is 1.28 bits per heavy atom. The van der Waals surface area contributed by atoms with Gasteiger partial charge in [-0.25, -0.2) is 9.78 Å². The summed E-state index contributed by atoms with van der Waals surface area (Å²) in [5, 5.41) is 3.04. The summed E-state index contributed by atoms with van der Waals surface area (Å²) >= 11 is 0. The van der Waals surface area contributed by atoms with Gasteiger partial charge in [0.25, 0.3) is 5.56 Å². The number of carbonyl (C=O) groups is 1. The van der Waals surface area contributed by atoms with Crippen molar-refractivity contribution in [2.75, 3.05) is 18.4 Å². The Kier molecular flexibility index (Phi) is 4.45. The molecule has 6 nitrogen and oxygen atoms in total. The Morgan fingerprint density at radius 2 is 2.07 bits per heavy atom. The number of nitrogens with one attached hydrogen (secondary N) is 2. The molecule has 1 aromatic heterocycles. The van der Waals surface area contributed by atoms with Crippen molar-refractivity contribution in [1.29, 1.82) is 0 Å². The lowest BCUT2D eigenvalue weighted by Crippen LogP contribution is -2.49. The molecule has 1 unspecified atom stereocenters. The second-order valence-electron chi connectivity index (χ2n) is 8.84. The minimum atomic E-state index is -0.172. The number of H-pyrrole nitrogens is 1. The van der Waals surface area contributed by atoms with Crippen molar-refractivity contribution in [3.05, 3.63) is 57.3 Å². The Balaban J connectivity index is 1.37. The summed E-state index contributed by atoms with van der Waals surface area (Å²) in [6, 6.07) is 7.97. The summed E-state index contributed by atoms with van der Waals surface area (Å²) in [6.45, 7) is 3.50. The van der Waals surface area contributed by atoms with Crippen LogP contribution < -0.4 is 10.9 Å². The van der Waals surface area contributed by atoms with Crippen LogP contribution in [0.2, 0.25) is 0 Å². The molecule has 2 amide bonds. The molecule has 2 aliphatic carbocycles. The second kappa shape index (κ2) is 7.01. The highest BCUT2D eigenvalue weighted by Crippen LogP contribution is 2.45. The molecule has 3 aliphatic rings. The molecule has 0 radical (unpaired) electrons. The zero-order valence-corrected chi connectivity index (χ0v) is 17.0. The van der Waals surface area contributed by atoms with Gasteiger partial charge in [0.2, 0.25) is 0 Å². The number of hydrogen-bond acceptors (Lipinski definition) is 3. The normalized spacial score (nSPS) is 23.3. The molecule has 1 spiro atoms. The summed E-state index contributed by atoms with van der Waals surface area (Å²) in [5.74, 6) is 1.27. The zero-order valence-electron chi connectivity index (χ0n) is 17.0. The van der Waals surface area contributed by atoms with Gasteiger partial charge < -0.3 is 15.2 Å². The molecule has 0 bridgehead atoms. The molecular formula is C23H28N4O2. The molecular weight excluding hydrogens is 364 g/mol. The summed E-state index contributed by atoms with van der Waals surface area (Å²) < 4.78 is 0. The Bertz CT molecular complexity index is 993. The lowest BCUT2D eigenvalue weighted by Gasteiger charge is -2.40. The smallest absolute Gasteiger partial charge is 0.321 e. The van der Waals surface area contributed by atoms with Gasteiger partial charge in [-0.1, -0.05) is 19.1 Å². The van der Waals surface area contributed by atoms with E-state index in [-0.39, 0.29) is 17.0 Å². The van der Waals surface area contributed by atoms with Gasteiger partial charge in [-0.3, -0.25) is 4.79 Å². The van der Waals surface area contributed by atoms with Gasteiger partial charge in [0.15, 0.2) is 0 Å². The zero-order chi connectivity index (χ0) is 20.0. The van der Waals surface area contributed by atoms with Crippen molar-refractivity contribution in [2.45, 2.75) is 63.2 Å². The third-order valence-corrected chi connectivity index (χ3v) is 6.83. The molecule has 2 N–H and O–H groups in total. The first-order chi connectivity index (χ1) is 14.1. The van der Waals surface area contributed by atoms with Gasteiger partial charge in [-0.15, -0.1) is 0 Å². The van der Waals surface area contributed by atoms with Crippen LogP contribution in [0.15, 0.2) is 29.1 Å². The quantitative estimate of drug-likeness (QED) is 0.836. The Hall–Kier alpha value is -2.63. The molecule has 1 aliphatic heterocycles. The number of nitrogens with zero attached hydrogens (tertiary/aromatic N) is 2. The fraction of sp³-hybridized carbons (Fsp3) is 0.522. The van der Waals surface area contributed by atoms with Crippen LogP contribution in [-0.2, 0) is 18.3 Å². The van der Waals surface area contributed by atoms with Gasteiger partial charge in [0, 0.05) is 35.7 Å². The van der Waals surface area contributed by atoms with Crippen LogP contribution in [0.5, 0.6) is 0 Å². The molecule has 2 heterocycles. The largest absolute Gasteiger partial charge is 0.324 e. The molecule has 1 aromatic carbocycles. The van der Waals surface area contributed by atoms with Crippen molar-refractivity contribution in [3.8, 4) is 0 Å². The SMILES string of the molecule is CCc1ccc(NC(=O)N2CCCC3(CCc4c3nc(C3CC3)[nH]c4=O)C2)cc1. The van der Waals surface area contributed by atoms with Gasteiger partial charge >= 0.3 is 6.03 Å². The van der Waals surface area contributed by atoms with E-state index in [1.54, 1.807) is 0 Å². The van der Waals surface area contributed by atoms with Gasteiger partial charge in [-0.2, -0.15) is 0 Å². The summed E-state index contributed by atoms with van der Waals surface area (Å²) in [4.78, 5) is 35.4. The highest BCUT2D eigenvalue weighted by Gasteiger charge is 2.46.